The van der Waals surface area contributed by atoms with Crippen molar-refractivity contribution in [1.29, 1.82) is 0 Å². The molecule has 140 valence electrons. The molecule has 1 atom stereocenters. The highest BCUT2D eigenvalue weighted by Crippen LogP contribution is 2.26. The Morgan fingerprint density at radius 1 is 1.11 bits per heavy atom. The van der Waals surface area contributed by atoms with Crippen molar-refractivity contribution in [3.05, 3.63) is 86.1 Å². The van der Waals surface area contributed by atoms with Crippen LogP contribution in [0.25, 0.3) is 0 Å². The molecule has 1 amide bonds. The van der Waals surface area contributed by atoms with E-state index in [-0.39, 0.29) is 11.9 Å². The Morgan fingerprint density at radius 2 is 1.81 bits per heavy atom. The van der Waals surface area contributed by atoms with Crippen LogP contribution >= 0.6 is 34.8 Å². The van der Waals surface area contributed by atoms with Crippen molar-refractivity contribution < 1.29 is 4.79 Å². The fourth-order valence-corrected chi connectivity index (χ4v) is 3.43. The van der Waals surface area contributed by atoms with Gasteiger partial charge in [-0.05, 0) is 37.1 Å². The maximum atomic E-state index is 12.8. The topological polar surface area (TPSA) is 46.9 Å². The van der Waals surface area contributed by atoms with E-state index < -0.39 is 0 Å². The van der Waals surface area contributed by atoms with E-state index in [2.05, 4.69) is 10.4 Å². The van der Waals surface area contributed by atoms with Gasteiger partial charge in [-0.25, -0.2) is 4.68 Å². The smallest absolute Gasteiger partial charge is 0.256 e. The van der Waals surface area contributed by atoms with Crippen LogP contribution in [0.4, 0.5) is 0 Å². The van der Waals surface area contributed by atoms with Crippen molar-refractivity contribution >= 4 is 40.7 Å². The van der Waals surface area contributed by atoms with Crippen molar-refractivity contribution in [3.8, 4) is 0 Å². The molecular formula is C20H18Cl3N3O. The van der Waals surface area contributed by atoms with Crippen molar-refractivity contribution in [1.82, 2.24) is 15.1 Å². The molecule has 7 heteroatoms. The molecule has 0 bridgehead atoms. The fraction of sp³-hybridized carbons (Fsp3) is 0.200. The minimum atomic E-state index is -0.282. The number of aryl methyl sites for hydroxylation is 1. The molecule has 0 radical (unpaired) electrons. The average molecular weight is 423 g/mol. The maximum Gasteiger partial charge on any atom is 0.256 e. The molecular weight excluding hydrogens is 405 g/mol. The Hall–Kier alpha value is -2.01. The van der Waals surface area contributed by atoms with Crippen LogP contribution in [-0.4, -0.2) is 15.7 Å². The summed E-state index contributed by atoms with van der Waals surface area (Å²) in [5.41, 5.74) is 2.86. The number of hydrogen-bond donors (Lipinski definition) is 1. The van der Waals surface area contributed by atoms with Gasteiger partial charge in [0.1, 0.15) is 5.15 Å². The van der Waals surface area contributed by atoms with E-state index in [4.69, 9.17) is 34.8 Å². The second-order valence-electron chi connectivity index (χ2n) is 6.26. The third-order valence-corrected chi connectivity index (χ3v) is 5.38. The zero-order chi connectivity index (χ0) is 19.6. The minimum absolute atomic E-state index is 0.264. The van der Waals surface area contributed by atoms with Gasteiger partial charge in [0.15, 0.2) is 0 Å². The lowest BCUT2D eigenvalue weighted by Gasteiger charge is -2.15. The van der Waals surface area contributed by atoms with Crippen LogP contribution < -0.4 is 5.32 Å². The first-order chi connectivity index (χ1) is 12.9. The lowest BCUT2D eigenvalue weighted by atomic mass is 10.1. The van der Waals surface area contributed by atoms with Gasteiger partial charge in [0.25, 0.3) is 5.91 Å². The van der Waals surface area contributed by atoms with E-state index in [1.54, 1.807) is 23.7 Å². The van der Waals surface area contributed by atoms with Crippen molar-refractivity contribution in [2.24, 2.45) is 0 Å². The Bertz CT molecular complexity index is 970. The zero-order valence-electron chi connectivity index (χ0n) is 14.8. The first-order valence-electron chi connectivity index (χ1n) is 8.39. The number of benzene rings is 2. The largest absolute Gasteiger partial charge is 0.345 e. The van der Waals surface area contributed by atoms with Crippen LogP contribution in [0, 0.1) is 6.92 Å². The minimum Gasteiger partial charge on any atom is -0.345 e. The third kappa shape index (κ3) is 4.46. The van der Waals surface area contributed by atoms with E-state index in [0.717, 1.165) is 11.1 Å². The second-order valence-corrected chi connectivity index (χ2v) is 7.44. The molecule has 3 rings (SSSR count). The predicted octanol–water partition coefficient (Wildman–Crippen LogP) is 5.69. The van der Waals surface area contributed by atoms with Crippen LogP contribution in [0.5, 0.6) is 0 Å². The summed E-state index contributed by atoms with van der Waals surface area (Å²) in [4.78, 5) is 12.8. The first kappa shape index (κ1) is 19.7. The quantitative estimate of drug-likeness (QED) is 0.574. The highest BCUT2D eigenvalue weighted by Gasteiger charge is 2.22. The van der Waals surface area contributed by atoms with E-state index in [1.165, 1.54) is 0 Å². The number of halogens is 3. The Kier molecular flexibility index (Phi) is 6.10. The normalized spacial score (nSPS) is 12.0. The van der Waals surface area contributed by atoms with Gasteiger partial charge in [-0.1, -0.05) is 71.2 Å². The number of hydrogen-bond acceptors (Lipinski definition) is 2. The van der Waals surface area contributed by atoms with Crippen molar-refractivity contribution in [2.75, 3.05) is 0 Å². The molecule has 1 aromatic heterocycles. The molecule has 1 N–H and O–H groups in total. The monoisotopic (exact) mass is 421 g/mol. The predicted molar refractivity (Wildman–Crippen MR) is 110 cm³/mol. The van der Waals surface area contributed by atoms with E-state index in [9.17, 15) is 4.79 Å². The van der Waals surface area contributed by atoms with Gasteiger partial charge in [0.2, 0.25) is 0 Å². The van der Waals surface area contributed by atoms with Gasteiger partial charge in [-0.15, -0.1) is 0 Å². The van der Waals surface area contributed by atoms with Crippen LogP contribution in [0.3, 0.4) is 0 Å². The van der Waals surface area contributed by atoms with Gasteiger partial charge >= 0.3 is 0 Å². The van der Waals surface area contributed by atoms with Crippen LogP contribution in [0.1, 0.15) is 40.1 Å². The van der Waals surface area contributed by atoms with Crippen LogP contribution in [-0.2, 0) is 6.54 Å². The summed E-state index contributed by atoms with van der Waals surface area (Å²) in [6, 6.07) is 14.8. The van der Waals surface area contributed by atoms with E-state index in [0.29, 0.717) is 33.0 Å². The van der Waals surface area contributed by atoms with Crippen molar-refractivity contribution in [3.63, 3.8) is 0 Å². The van der Waals surface area contributed by atoms with Gasteiger partial charge in [0.05, 0.1) is 33.9 Å². The SMILES string of the molecule is Cc1nn(Cc2ccccc2)c(Cl)c1C(=O)NC(C)c1ccc(Cl)c(Cl)c1. The number of aromatic nitrogens is 2. The fourth-order valence-electron chi connectivity index (χ4n) is 2.81. The summed E-state index contributed by atoms with van der Waals surface area (Å²) < 4.78 is 1.63. The molecule has 3 aromatic rings. The highest BCUT2D eigenvalue weighted by atomic mass is 35.5. The summed E-state index contributed by atoms with van der Waals surface area (Å²) in [7, 11) is 0. The van der Waals surface area contributed by atoms with Gasteiger partial charge in [0, 0.05) is 0 Å². The molecule has 4 nitrogen and oxygen atoms in total. The number of carbonyl (C=O) groups excluding carboxylic acids is 1. The molecule has 0 aliphatic heterocycles. The average Bonchev–Trinajstić information content (AvgIpc) is 2.91. The number of nitrogens with zero attached hydrogens (tertiary/aromatic N) is 2. The van der Waals surface area contributed by atoms with Crippen molar-refractivity contribution in [2.45, 2.75) is 26.4 Å². The Balaban J connectivity index is 1.79. The second kappa shape index (κ2) is 8.34. The number of nitrogens with one attached hydrogen (secondary N) is 1. The molecule has 1 unspecified atom stereocenters. The Morgan fingerprint density at radius 3 is 2.48 bits per heavy atom. The Labute approximate surface area is 173 Å². The molecule has 27 heavy (non-hydrogen) atoms. The first-order valence-corrected chi connectivity index (χ1v) is 9.53. The molecule has 0 aliphatic rings. The molecule has 0 aliphatic carbocycles. The third-order valence-electron chi connectivity index (χ3n) is 4.26. The summed E-state index contributed by atoms with van der Waals surface area (Å²) in [6.07, 6.45) is 0. The molecule has 0 saturated heterocycles. The number of carbonyl (C=O) groups is 1. The zero-order valence-corrected chi connectivity index (χ0v) is 17.1. The molecule has 0 fully saturated rings. The van der Waals surface area contributed by atoms with Crippen LogP contribution in [0.15, 0.2) is 48.5 Å². The van der Waals surface area contributed by atoms with E-state index >= 15 is 0 Å². The van der Waals surface area contributed by atoms with Gasteiger partial charge in [-0.3, -0.25) is 4.79 Å². The van der Waals surface area contributed by atoms with E-state index in [1.807, 2.05) is 43.3 Å². The number of amides is 1. The number of rotatable bonds is 5. The van der Waals surface area contributed by atoms with Gasteiger partial charge in [-0.2, -0.15) is 5.10 Å². The molecule has 0 spiro atoms. The summed E-state index contributed by atoms with van der Waals surface area (Å²) in [6.45, 7) is 4.14. The summed E-state index contributed by atoms with van der Waals surface area (Å²) in [5.74, 6) is -0.282. The molecule has 0 saturated carbocycles. The summed E-state index contributed by atoms with van der Waals surface area (Å²) >= 11 is 18.5. The molecule has 2 aromatic carbocycles. The standard InChI is InChI=1S/C20H18Cl3N3O/c1-12(15-8-9-16(21)17(22)10-15)24-20(27)18-13(2)25-26(19(18)23)11-14-6-4-3-5-7-14/h3-10,12H,11H2,1-2H3,(H,24,27). The van der Waals surface area contributed by atoms with Gasteiger partial charge < -0.3 is 5.32 Å². The highest BCUT2D eigenvalue weighted by molar-refractivity contribution is 6.42. The lowest BCUT2D eigenvalue weighted by molar-refractivity contribution is 0.0939. The molecule has 1 heterocycles. The van der Waals surface area contributed by atoms with Crippen LogP contribution in [0.2, 0.25) is 15.2 Å². The summed E-state index contributed by atoms with van der Waals surface area (Å²) in [5, 5.41) is 8.59. The lowest BCUT2D eigenvalue weighted by Crippen LogP contribution is -2.27. The maximum absolute atomic E-state index is 12.8.